The third-order valence-corrected chi connectivity index (χ3v) is 4.39. The van der Waals surface area contributed by atoms with E-state index in [2.05, 4.69) is 4.18 Å². The summed E-state index contributed by atoms with van der Waals surface area (Å²) in [5, 5.41) is 0. The molecule has 100 valence electrons. The van der Waals surface area contributed by atoms with E-state index in [4.69, 9.17) is 0 Å². The molecule has 7 heteroatoms. The Morgan fingerprint density at radius 1 is 1.22 bits per heavy atom. The van der Waals surface area contributed by atoms with Gasteiger partial charge in [0.1, 0.15) is 0 Å². The van der Waals surface area contributed by atoms with Gasteiger partial charge in [0.25, 0.3) is 10.1 Å². The summed E-state index contributed by atoms with van der Waals surface area (Å²) in [5.41, 5.74) is -2.16. The van der Waals surface area contributed by atoms with Crippen LogP contribution in [0.3, 0.4) is 0 Å². The van der Waals surface area contributed by atoms with E-state index in [1.807, 2.05) is 0 Å². The minimum absolute atomic E-state index is 0.222. The Bertz CT molecular complexity index is 559. The van der Waals surface area contributed by atoms with Gasteiger partial charge in [-0.25, -0.2) is 0 Å². The zero-order valence-corrected chi connectivity index (χ0v) is 10.3. The molecule has 0 radical (unpaired) electrons. The first kappa shape index (κ1) is 13.4. The molecule has 1 saturated carbocycles. The summed E-state index contributed by atoms with van der Waals surface area (Å²) in [4.78, 5) is -0.222. The van der Waals surface area contributed by atoms with E-state index in [1.54, 1.807) is 6.07 Å². The van der Waals surface area contributed by atoms with Gasteiger partial charge in [0.2, 0.25) is 0 Å². The first-order chi connectivity index (χ1) is 8.18. The third-order valence-electron chi connectivity index (χ3n) is 2.85. The molecule has 0 spiro atoms. The molecule has 1 aliphatic rings. The monoisotopic (exact) mass is 280 g/mol. The lowest BCUT2D eigenvalue weighted by molar-refractivity contribution is -0.207. The number of benzene rings is 1. The second-order valence-corrected chi connectivity index (χ2v) is 5.81. The second-order valence-electron chi connectivity index (χ2n) is 4.30. The van der Waals surface area contributed by atoms with Crippen molar-refractivity contribution in [3.05, 3.63) is 29.8 Å². The third kappa shape index (κ3) is 2.24. The lowest BCUT2D eigenvalue weighted by Gasteiger charge is -2.19. The first-order valence-electron chi connectivity index (χ1n) is 5.26. The molecule has 0 N–H and O–H groups in total. The van der Waals surface area contributed by atoms with Crippen molar-refractivity contribution < 1.29 is 25.8 Å². The fraction of sp³-hybridized carbons (Fsp3) is 0.455. The van der Waals surface area contributed by atoms with Gasteiger partial charge in [0.15, 0.2) is 5.60 Å². The van der Waals surface area contributed by atoms with Crippen LogP contribution < -0.4 is 0 Å². The predicted molar refractivity (Wildman–Crippen MR) is 57.5 cm³/mol. The van der Waals surface area contributed by atoms with Crippen molar-refractivity contribution in [3.63, 3.8) is 0 Å². The van der Waals surface area contributed by atoms with Gasteiger partial charge in [-0.15, -0.1) is 0 Å². The lowest BCUT2D eigenvalue weighted by Crippen LogP contribution is -2.36. The molecule has 3 nitrogen and oxygen atoms in total. The van der Waals surface area contributed by atoms with Crippen LogP contribution in [0.5, 0.6) is 0 Å². The van der Waals surface area contributed by atoms with E-state index in [9.17, 15) is 21.6 Å². The van der Waals surface area contributed by atoms with E-state index in [-0.39, 0.29) is 17.7 Å². The Kier molecular flexibility index (Phi) is 2.94. The van der Waals surface area contributed by atoms with Crippen molar-refractivity contribution in [3.8, 4) is 0 Å². The van der Waals surface area contributed by atoms with Gasteiger partial charge in [-0.3, -0.25) is 4.18 Å². The zero-order chi connectivity index (χ0) is 13.6. The van der Waals surface area contributed by atoms with Crippen LogP contribution in [0.1, 0.15) is 18.4 Å². The van der Waals surface area contributed by atoms with Gasteiger partial charge in [-0.2, -0.15) is 21.6 Å². The van der Waals surface area contributed by atoms with Crippen LogP contribution in [0, 0.1) is 6.92 Å². The molecule has 0 bridgehead atoms. The van der Waals surface area contributed by atoms with Crippen LogP contribution >= 0.6 is 0 Å². The first-order valence-corrected chi connectivity index (χ1v) is 6.67. The van der Waals surface area contributed by atoms with Gasteiger partial charge >= 0.3 is 6.18 Å². The predicted octanol–water partition coefficient (Wildman–Crippen LogP) is 2.80. The molecule has 0 aromatic heterocycles. The highest BCUT2D eigenvalue weighted by Gasteiger charge is 2.67. The van der Waals surface area contributed by atoms with Crippen molar-refractivity contribution in [1.82, 2.24) is 0 Å². The molecule has 18 heavy (non-hydrogen) atoms. The second kappa shape index (κ2) is 3.96. The van der Waals surface area contributed by atoms with Crippen LogP contribution in [0.4, 0.5) is 13.2 Å². The Labute approximate surface area is 103 Å². The van der Waals surface area contributed by atoms with Gasteiger partial charge in [-0.1, -0.05) is 18.2 Å². The topological polar surface area (TPSA) is 43.4 Å². The summed E-state index contributed by atoms with van der Waals surface area (Å²) in [7, 11) is -4.39. The minimum Gasteiger partial charge on any atom is -0.250 e. The fourth-order valence-electron chi connectivity index (χ4n) is 1.62. The Hall–Kier alpha value is -1.08. The molecule has 0 saturated heterocycles. The molecule has 1 aromatic rings. The van der Waals surface area contributed by atoms with Gasteiger partial charge < -0.3 is 0 Å². The van der Waals surface area contributed by atoms with Crippen molar-refractivity contribution in [1.29, 1.82) is 0 Å². The quantitative estimate of drug-likeness (QED) is 0.800. The average Bonchev–Trinajstić information content (AvgIpc) is 2.97. The van der Waals surface area contributed by atoms with Crippen molar-refractivity contribution in [2.24, 2.45) is 0 Å². The number of aryl methyl sites for hydroxylation is 1. The Morgan fingerprint density at radius 2 is 1.78 bits per heavy atom. The molecule has 2 rings (SSSR count). The summed E-state index contributed by atoms with van der Waals surface area (Å²) >= 11 is 0. The van der Waals surface area contributed by atoms with E-state index in [0.29, 0.717) is 5.56 Å². The summed E-state index contributed by atoms with van der Waals surface area (Å²) in [6.45, 7) is 1.50. The number of halogens is 3. The lowest BCUT2D eigenvalue weighted by atomic mass is 10.2. The zero-order valence-electron chi connectivity index (χ0n) is 9.49. The van der Waals surface area contributed by atoms with E-state index in [0.717, 1.165) is 0 Å². The van der Waals surface area contributed by atoms with Crippen LogP contribution in [0.2, 0.25) is 0 Å². The molecule has 0 amide bonds. The van der Waals surface area contributed by atoms with E-state index < -0.39 is 21.9 Å². The Morgan fingerprint density at radius 3 is 2.22 bits per heavy atom. The smallest absolute Gasteiger partial charge is 0.250 e. The highest BCUT2D eigenvalue weighted by Crippen LogP contribution is 2.53. The highest BCUT2D eigenvalue weighted by atomic mass is 32.2. The SMILES string of the molecule is Cc1ccccc1S(=O)(=O)OC1(C(F)(F)F)CC1. The number of rotatable bonds is 3. The van der Waals surface area contributed by atoms with Crippen molar-refractivity contribution >= 4 is 10.1 Å². The van der Waals surface area contributed by atoms with Crippen LogP contribution in [-0.4, -0.2) is 20.2 Å². The van der Waals surface area contributed by atoms with Gasteiger partial charge in [-0.05, 0) is 31.4 Å². The summed E-state index contributed by atoms with van der Waals surface area (Å²) in [6.07, 6.45) is -5.30. The van der Waals surface area contributed by atoms with Gasteiger partial charge in [0, 0.05) is 0 Å². The molecular weight excluding hydrogens is 269 g/mol. The highest BCUT2D eigenvalue weighted by molar-refractivity contribution is 7.86. The number of hydrogen-bond donors (Lipinski definition) is 0. The van der Waals surface area contributed by atoms with Crippen molar-refractivity contribution in [2.45, 2.75) is 36.4 Å². The molecule has 0 atom stereocenters. The fourth-order valence-corrected chi connectivity index (χ4v) is 3.10. The Balaban J connectivity index is 2.33. The van der Waals surface area contributed by atoms with E-state index in [1.165, 1.54) is 25.1 Å². The van der Waals surface area contributed by atoms with Crippen LogP contribution in [-0.2, 0) is 14.3 Å². The number of alkyl halides is 3. The largest absolute Gasteiger partial charge is 0.418 e. The average molecular weight is 280 g/mol. The summed E-state index contributed by atoms with van der Waals surface area (Å²) in [5.74, 6) is 0. The molecule has 0 aliphatic heterocycles. The van der Waals surface area contributed by atoms with Crippen LogP contribution in [0.15, 0.2) is 29.2 Å². The molecule has 1 fully saturated rings. The van der Waals surface area contributed by atoms with Crippen molar-refractivity contribution in [2.75, 3.05) is 0 Å². The minimum atomic E-state index is -4.66. The molecule has 1 aliphatic carbocycles. The van der Waals surface area contributed by atoms with Crippen LogP contribution in [0.25, 0.3) is 0 Å². The maximum atomic E-state index is 12.7. The van der Waals surface area contributed by atoms with Gasteiger partial charge in [0.05, 0.1) is 4.90 Å². The normalized spacial score (nSPS) is 18.7. The van der Waals surface area contributed by atoms with E-state index >= 15 is 0 Å². The molecular formula is C11H11F3O3S. The summed E-state index contributed by atoms with van der Waals surface area (Å²) in [6, 6.07) is 5.78. The molecule has 0 unspecified atom stereocenters. The number of hydrogen-bond acceptors (Lipinski definition) is 3. The maximum absolute atomic E-state index is 12.7. The standard InChI is InChI=1S/C11H11F3O3S/c1-8-4-2-3-5-9(8)18(15,16)17-10(6-7-10)11(12,13)14/h2-5H,6-7H2,1H3. The molecule has 1 aromatic carbocycles. The summed E-state index contributed by atoms with van der Waals surface area (Å²) < 4.78 is 66.0. The molecule has 0 heterocycles. The maximum Gasteiger partial charge on any atom is 0.418 e.